The molecule has 0 atom stereocenters. The Labute approximate surface area is 237 Å². The third kappa shape index (κ3) is 7.41. The van der Waals surface area contributed by atoms with Crippen LogP contribution < -0.4 is 9.64 Å². The number of para-hydroxylation sites is 2. The summed E-state index contributed by atoms with van der Waals surface area (Å²) in [5, 5.41) is 9.77. The van der Waals surface area contributed by atoms with Gasteiger partial charge in [0.05, 0.1) is 22.5 Å². The summed E-state index contributed by atoms with van der Waals surface area (Å²) in [7, 11) is 4.23. The van der Waals surface area contributed by atoms with Crippen LogP contribution in [-0.2, 0) is 0 Å². The lowest BCUT2D eigenvalue weighted by Gasteiger charge is -2.33. The molecule has 39 heavy (non-hydrogen) atoms. The van der Waals surface area contributed by atoms with Crippen LogP contribution in [0.5, 0.6) is 5.75 Å². The van der Waals surface area contributed by atoms with Crippen molar-refractivity contribution in [2.45, 2.75) is 16.2 Å². The minimum absolute atomic E-state index is 0.0360. The largest absolute Gasteiger partial charge is 0.478 e. The SMILES string of the molecule is CN(C)CCCN1c2ccccc2Sc2ccc(Cl)cc21.O=C(O)c1ccccc1C(=O)Oc1ccccc1. The average Bonchev–Trinajstić information content (AvgIpc) is 2.93. The van der Waals surface area contributed by atoms with Gasteiger partial charge in [0.1, 0.15) is 5.75 Å². The maximum atomic E-state index is 11.9. The Morgan fingerprint density at radius 1 is 0.846 bits per heavy atom. The normalized spacial score (nSPS) is 11.6. The molecule has 4 aromatic carbocycles. The Morgan fingerprint density at radius 2 is 1.49 bits per heavy atom. The quantitative estimate of drug-likeness (QED) is 0.185. The van der Waals surface area contributed by atoms with E-state index in [2.05, 4.69) is 60.3 Å². The van der Waals surface area contributed by atoms with E-state index < -0.39 is 11.9 Å². The topological polar surface area (TPSA) is 70.1 Å². The van der Waals surface area contributed by atoms with E-state index in [0.717, 1.165) is 24.5 Å². The highest BCUT2D eigenvalue weighted by molar-refractivity contribution is 7.99. The number of hydrogen-bond donors (Lipinski definition) is 1. The lowest BCUT2D eigenvalue weighted by molar-refractivity contribution is 0.0668. The zero-order valence-corrected chi connectivity index (χ0v) is 23.3. The van der Waals surface area contributed by atoms with Gasteiger partial charge in [-0.15, -0.1) is 0 Å². The van der Waals surface area contributed by atoms with E-state index in [-0.39, 0.29) is 11.1 Å². The highest BCUT2D eigenvalue weighted by Gasteiger charge is 2.23. The number of carbonyl (C=O) groups is 2. The van der Waals surface area contributed by atoms with E-state index in [9.17, 15) is 9.59 Å². The molecule has 4 aromatic rings. The monoisotopic (exact) mass is 560 g/mol. The fraction of sp³-hybridized carbons (Fsp3) is 0.161. The number of anilines is 2. The number of halogens is 1. The Bertz CT molecular complexity index is 1450. The highest BCUT2D eigenvalue weighted by atomic mass is 35.5. The molecule has 0 fully saturated rings. The highest BCUT2D eigenvalue weighted by Crippen LogP contribution is 2.48. The van der Waals surface area contributed by atoms with Gasteiger partial charge in [-0.3, -0.25) is 0 Å². The standard InChI is InChI=1S/C17H19ClN2S.C14H10O4/c1-19(2)10-5-11-20-14-6-3-4-7-16(14)21-17-9-8-13(18)12-15(17)20;15-13(16)11-8-4-5-9-12(11)14(17)18-10-6-2-1-3-7-10/h3-4,6-9,12H,5,10-11H2,1-2H3;1-9H,(H,15,16). The van der Waals surface area contributed by atoms with Gasteiger partial charge in [0, 0.05) is 21.4 Å². The Balaban J connectivity index is 0.000000183. The fourth-order valence-corrected chi connectivity index (χ4v) is 5.33. The first-order valence-corrected chi connectivity index (χ1v) is 13.6. The molecule has 0 aliphatic carbocycles. The van der Waals surface area contributed by atoms with Crippen molar-refractivity contribution in [3.05, 3.63) is 113 Å². The summed E-state index contributed by atoms with van der Waals surface area (Å²) in [6.07, 6.45) is 1.12. The third-order valence-electron chi connectivity index (χ3n) is 5.91. The van der Waals surface area contributed by atoms with Crippen LogP contribution in [0.2, 0.25) is 5.02 Å². The summed E-state index contributed by atoms with van der Waals surface area (Å²) < 4.78 is 5.09. The number of carboxylic acid groups (broad SMARTS) is 1. The van der Waals surface area contributed by atoms with Crippen LogP contribution >= 0.6 is 23.4 Å². The smallest absolute Gasteiger partial charge is 0.344 e. The van der Waals surface area contributed by atoms with Crippen molar-refractivity contribution >= 4 is 46.7 Å². The van der Waals surface area contributed by atoms with Gasteiger partial charge in [-0.2, -0.15) is 0 Å². The second-order valence-corrected chi connectivity index (χ2v) is 10.6. The number of carboxylic acids is 1. The lowest BCUT2D eigenvalue weighted by Crippen LogP contribution is -2.25. The molecule has 0 bridgehead atoms. The molecule has 0 saturated heterocycles. The number of esters is 1. The molecule has 0 unspecified atom stereocenters. The number of hydrogen-bond acceptors (Lipinski definition) is 6. The summed E-state index contributed by atoms with van der Waals surface area (Å²) >= 11 is 8.03. The van der Waals surface area contributed by atoms with Crippen LogP contribution in [0.4, 0.5) is 11.4 Å². The Hall–Kier alpha value is -3.78. The average molecular weight is 561 g/mol. The van der Waals surface area contributed by atoms with E-state index in [0.29, 0.717) is 5.75 Å². The summed E-state index contributed by atoms with van der Waals surface area (Å²) in [6, 6.07) is 29.2. The van der Waals surface area contributed by atoms with E-state index in [1.54, 1.807) is 42.5 Å². The minimum Gasteiger partial charge on any atom is -0.478 e. The number of carbonyl (C=O) groups excluding carboxylic acids is 1. The van der Waals surface area contributed by atoms with Crippen LogP contribution in [0, 0.1) is 0 Å². The first kappa shape index (κ1) is 28.2. The summed E-state index contributed by atoms with van der Waals surface area (Å²) in [6.45, 7) is 2.09. The fourth-order valence-electron chi connectivity index (χ4n) is 4.09. The van der Waals surface area contributed by atoms with Gasteiger partial charge >= 0.3 is 11.9 Å². The molecule has 0 radical (unpaired) electrons. The van der Waals surface area contributed by atoms with E-state index >= 15 is 0 Å². The molecule has 200 valence electrons. The molecule has 1 aliphatic heterocycles. The number of nitrogens with zero attached hydrogens (tertiary/aromatic N) is 2. The van der Waals surface area contributed by atoms with Gasteiger partial charge in [-0.1, -0.05) is 65.8 Å². The van der Waals surface area contributed by atoms with Gasteiger partial charge in [0.25, 0.3) is 0 Å². The maximum Gasteiger partial charge on any atom is 0.344 e. The van der Waals surface area contributed by atoms with Crippen LogP contribution in [-0.4, -0.2) is 49.1 Å². The third-order valence-corrected chi connectivity index (χ3v) is 7.27. The van der Waals surface area contributed by atoms with Crippen molar-refractivity contribution < 1.29 is 19.4 Å². The summed E-state index contributed by atoms with van der Waals surface area (Å²) in [5.41, 5.74) is 2.48. The van der Waals surface area contributed by atoms with Crippen molar-refractivity contribution in [2.75, 3.05) is 32.1 Å². The van der Waals surface area contributed by atoms with E-state index in [1.807, 2.05) is 17.8 Å². The molecular formula is C31H29ClN2O4S. The molecule has 5 rings (SSSR count). The summed E-state index contributed by atoms with van der Waals surface area (Å²) in [4.78, 5) is 30.0. The molecular weight excluding hydrogens is 532 g/mol. The number of fused-ring (bicyclic) bond motifs is 2. The van der Waals surface area contributed by atoms with Crippen molar-refractivity contribution in [3.8, 4) is 5.75 Å². The van der Waals surface area contributed by atoms with Gasteiger partial charge in [-0.05, 0) is 81.7 Å². The van der Waals surface area contributed by atoms with Crippen LogP contribution in [0.3, 0.4) is 0 Å². The molecule has 8 heteroatoms. The van der Waals surface area contributed by atoms with Gasteiger partial charge in [0.2, 0.25) is 0 Å². The van der Waals surface area contributed by atoms with Crippen LogP contribution in [0.25, 0.3) is 0 Å². The molecule has 0 amide bonds. The minimum atomic E-state index is -1.16. The first-order chi connectivity index (χ1) is 18.8. The number of ether oxygens (including phenoxy) is 1. The molecule has 6 nitrogen and oxygen atoms in total. The predicted octanol–water partition coefficient (Wildman–Crippen LogP) is 7.50. The van der Waals surface area contributed by atoms with E-state index in [1.165, 1.54) is 33.3 Å². The van der Waals surface area contributed by atoms with Crippen LogP contribution in [0.1, 0.15) is 27.1 Å². The Kier molecular flexibility index (Phi) is 9.65. The first-order valence-electron chi connectivity index (χ1n) is 12.4. The van der Waals surface area contributed by atoms with Crippen molar-refractivity contribution in [1.29, 1.82) is 0 Å². The van der Waals surface area contributed by atoms with Gasteiger partial charge in [-0.25, -0.2) is 9.59 Å². The molecule has 1 aliphatic rings. The molecule has 1 heterocycles. The molecule has 0 spiro atoms. The van der Waals surface area contributed by atoms with Crippen molar-refractivity contribution in [1.82, 2.24) is 4.90 Å². The van der Waals surface area contributed by atoms with Crippen LogP contribution in [0.15, 0.2) is 107 Å². The Morgan fingerprint density at radius 3 is 2.21 bits per heavy atom. The van der Waals surface area contributed by atoms with Gasteiger partial charge in [0.15, 0.2) is 0 Å². The lowest BCUT2D eigenvalue weighted by atomic mass is 10.1. The molecule has 0 aromatic heterocycles. The van der Waals surface area contributed by atoms with Crippen molar-refractivity contribution in [3.63, 3.8) is 0 Å². The number of benzene rings is 4. The molecule has 0 saturated carbocycles. The number of rotatable bonds is 7. The van der Waals surface area contributed by atoms with Crippen molar-refractivity contribution in [2.24, 2.45) is 0 Å². The molecule has 1 N–H and O–H groups in total. The summed E-state index contributed by atoms with van der Waals surface area (Å²) in [5.74, 6) is -1.46. The van der Waals surface area contributed by atoms with E-state index in [4.69, 9.17) is 21.4 Å². The maximum absolute atomic E-state index is 11.9. The zero-order valence-electron chi connectivity index (χ0n) is 21.7. The number of aromatic carboxylic acids is 1. The second-order valence-electron chi connectivity index (χ2n) is 9.04. The second kappa shape index (κ2) is 13.3. The zero-order chi connectivity index (χ0) is 27.8. The van der Waals surface area contributed by atoms with Gasteiger partial charge < -0.3 is 19.6 Å². The predicted molar refractivity (Wildman–Crippen MR) is 157 cm³/mol.